The van der Waals surface area contributed by atoms with E-state index in [1.165, 1.54) is 11.3 Å². The number of nitrogens with one attached hydrogen (secondary N) is 1. The van der Waals surface area contributed by atoms with Gasteiger partial charge in [-0.1, -0.05) is 0 Å². The molecule has 0 radical (unpaired) electrons. The molecule has 1 aromatic heterocycles. The number of aliphatic hydroxyl groups is 1. The van der Waals surface area contributed by atoms with Crippen LogP contribution in [0, 0.1) is 5.41 Å². The summed E-state index contributed by atoms with van der Waals surface area (Å²) in [6.45, 7) is 1.41. The van der Waals surface area contributed by atoms with Gasteiger partial charge in [-0.05, 0) is 24.3 Å². The Morgan fingerprint density at radius 2 is 2.04 bits per heavy atom. The van der Waals surface area contributed by atoms with Gasteiger partial charge >= 0.3 is 0 Å². The molecule has 0 spiro atoms. The van der Waals surface area contributed by atoms with Gasteiger partial charge < -0.3 is 19.5 Å². The summed E-state index contributed by atoms with van der Waals surface area (Å²) in [5.74, 6) is 1.27. The van der Waals surface area contributed by atoms with Gasteiger partial charge in [0.05, 0.1) is 31.5 Å². The van der Waals surface area contributed by atoms with Crippen LogP contribution in [0.3, 0.4) is 0 Å². The number of rotatable bonds is 6. The van der Waals surface area contributed by atoms with Gasteiger partial charge in [0.2, 0.25) is 0 Å². The van der Waals surface area contributed by atoms with Crippen LogP contribution in [0.15, 0.2) is 35.4 Å². The normalized spacial score (nSPS) is 14.6. The smallest absolute Gasteiger partial charge is 0.135 e. The fourth-order valence-corrected chi connectivity index (χ4v) is 3.43. The molecular weight excluding hydrogens is 326 g/mol. The number of methoxy groups -OCH3 is 2. The lowest BCUT2D eigenvalue weighted by molar-refractivity contribution is 0.177. The second-order valence-corrected chi connectivity index (χ2v) is 6.21. The molecule has 1 aliphatic rings. The van der Waals surface area contributed by atoms with Crippen molar-refractivity contribution in [3.8, 4) is 17.0 Å². The standard InChI is InChI=1S/C17H19N3O3S/c1-22-8-7-20-9-14(21)15(16(20)18)17-19-13(10-24-17)11-3-5-12(23-2)6-4-11/h3-6,10,18,21H,7-9H2,1-2H3. The third-order valence-corrected chi connectivity index (χ3v) is 4.71. The topological polar surface area (TPSA) is 78.7 Å². The van der Waals surface area contributed by atoms with Gasteiger partial charge in [0.1, 0.15) is 22.4 Å². The van der Waals surface area contributed by atoms with Crippen LogP contribution < -0.4 is 4.74 Å². The maximum atomic E-state index is 10.2. The lowest BCUT2D eigenvalue weighted by Crippen LogP contribution is -2.29. The molecule has 1 aromatic carbocycles. The number of thiazole rings is 1. The highest BCUT2D eigenvalue weighted by atomic mass is 32.1. The minimum Gasteiger partial charge on any atom is -0.510 e. The first-order valence-electron chi connectivity index (χ1n) is 7.49. The molecule has 6 nitrogen and oxygen atoms in total. The Hall–Kier alpha value is -2.38. The van der Waals surface area contributed by atoms with Crippen molar-refractivity contribution in [2.24, 2.45) is 0 Å². The van der Waals surface area contributed by atoms with Gasteiger partial charge in [0.15, 0.2) is 0 Å². The van der Waals surface area contributed by atoms with Crippen molar-refractivity contribution in [3.05, 3.63) is 40.4 Å². The van der Waals surface area contributed by atoms with Gasteiger partial charge in [0, 0.05) is 24.6 Å². The summed E-state index contributed by atoms with van der Waals surface area (Å²) in [6, 6.07) is 7.65. The molecule has 1 aliphatic heterocycles. The Kier molecular flexibility index (Phi) is 4.82. The average molecular weight is 345 g/mol. The van der Waals surface area contributed by atoms with Gasteiger partial charge in [-0.25, -0.2) is 4.98 Å². The van der Waals surface area contributed by atoms with Crippen LogP contribution >= 0.6 is 11.3 Å². The van der Waals surface area contributed by atoms with Crippen LogP contribution in [0.1, 0.15) is 5.01 Å². The second-order valence-electron chi connectivity index (χ2n) is 5.35. The molecule has 126 valence electrons. The monoisotopic (exact) mass is 345 g/mol. The Morgan fingerprint density at radius 1 is 1.29 bits per heavy atom. The summed E-state index contributed by atoms with van der Waals surface area (Å²) < 4.78 is 10.2. The van der Waals surface area contributed by atoms with E-state index in [0.29, 0.717) is 36.1 Å². The number of aliphatic hydroxyl groups excluding tert-OH is 1. The third kappa shape index (κ3) is 3.13. The summed E-state index contributed by atoms with van der Waals surface area (Å²) in [5, 5.41) is 21.1. The molecule has 0 fully saturated rings. The Labute approximate surface area is 144 Å². The lowest BCUT2D eigenvalue weighted by atomic mass is 10.1. The van der Waals surface area contributed by atoms with Crippen molar-refractivity contribution in [2.45, 2.75) is 0 Å². The molecule has 0 aliphatic carbocycles. The number of nitrogens with zero attached hydrogens (tertiary/aromatic N) is 2. The minimum absolute atomic E-state index is 0.187. The molecule has 24 heavy (non-hydrogen) atoms. The predicted molar refractivity (Wildman–Crippen MR) is 94.8 cm³/mol. The third-order valence-electron chi connectivity index (χ3n) is 3.85. The van der Waals surface area contributed by atoms with Crippen molar-refractivity contribution in [1.82, 2.24) is 9.88 Å². The molecule has 0 unspecified atom stereocenters. The molecule has 2 N–H and O–H groups in total. The van der Waals surface area contributed by atoms with Crippen LogP contribution in [-0.2, 0) is 4.74 Å². The van der Waals surface area contributed by atoms with Crippen molar-refractivity contribution >= 4 is 22.7 Å². The Morgan fingerprint density at radius 3 is 2.71 bits per heavy atom. The van der Waals surface area contributed by atoms with Crippen LogP contribution in [0.2, 0.25) is 0 Å². The minimum atomic E-state index is 0.187. The maximum Gasteiger partial charge on any atom is 0.135 e. The van der Waals surface area contributed by atoms with E-state index in [9.17, 15) is 5.11 Å². The average Bonchev–Trinajstić information content (AvgIpc) is 3.18. The number of aromatic nitrogens is 1. The van der Waals surface area contributed by atoms with E-state index in [4.69, 9.17) is 14.9 Å². The summed E-state index contributed by atoms with van der Waals surface area (Å²) in [4.78, 5) is 6.38. The molecule has 0 bridgehead atoms. The molecule has 7 heteroatoms. The molecule has 3 rings (SSSR count). The molecule has 0 amide bonds. The predicted octanol–water partition coefficient (Wildman–Crippen LogP) is 3.03. The van der Waals surface area contributed by atoms with Crippen molar-refractivity contribution in [2.75, 3.05) is 33.9 Å². The highest BCUT2D eigenvalue weighted by molar-refractivity contribution is 7.11. The first-order valence-corrected chi connectivity index (χ1v) is 8.37. The number of benzene rings is 1. The summed E-state index contributed by atoms with van der Waals surface area (Å²) in [6.07, 6.45) is 0. The Bertz CT molecular complexity index is 768. The molecule has 0 atom stereocenters. The van der Waals surface area contributed by atoms with Crippen molar-refractivity contribution in [1.29, 1.82) is 5.41 Å². The molecule has 0 saturated carbocycles. The maximum absolute atomic E-state index is 10.2. The quantitative estimate of drug-likeness (QED) is 0.841. The largest absolute Gasteiger partial charge is 0.510 e. The van der Waals surface area contributed by atoms with Crippen LogP contribution in [0.25, 0.3) is 16.8 Å². The molecular formula is C17H19N3O3S. The number of hydrogen-bond donors (Lipinski definition) is 2. The van der Waals surface area contributed by atoms with E-state index < -0.39 is 0 Å². The zero-order valence-corrected chi connectivity index (χ0v) is 14.4. The van der Waals surface area contributed by atoms with Crippen LogP contribution in [0.4, 0.5) is 0 Å². The van der Waals surface area contributed by atoms with E-state index in [1.54, 1.807) is 19.1 Å². The molecule has 2 aromatic rings. The van der Waals surface area contributed by atoms with Crippen LogP contribution in [-0.4, -0.2) is 54.7 Å². The zero-order valence-electron chi connectivity index (χ0n) is 13.6. The van der Waals surface area contributed by atoms with E-state index in [1.807, 2.05) is 29.6 Å². The Balaban J connectivity index is 1.82. The van der Waals surface area contributed by atoms with E-state index in [0.717, 1.165) is 17.0 Å². The fourth-order valence-electron chi connectivity index (χ4n) is 2.53. The fraction of sp³-hybridized carbons (Fsp3) is 0.294. The van der Waals surface area contributed by atoms with Crippen LogP contribution in [0.5, 0.6) is 5.75 Å². The second kappa shape index (κ2) is 7.02. The number of amidine groups is 1. The first kappa shape index (κ1) is 16.5. The van der Waals surface area contributed by atoms with Crippen molar-refractivity contribution in [3.63, 3.8) is 0 Å². The van der Waals surface area contributed by atoms with Crippen molar-refractivity contribution < 1.29 is 14.6 Å². The van der Waals surface area contributed by atoms with Gasteiger partial charge in [-0.2, -0.15) is 0 Å². The number of ether oxygens (including phenoxy) is 2. The highest BCUT2D eigenvalue weighted by Gasteiger charge is 2.29. The van der Waals surface area contributed by atoms with Gasteiger partial charge in [-0.3, -0.25) is 5.41 Å². The van der Waals surface area contributed by atoms with E-state index in [-0.39, 0.29) is 5.76 Å². The summed E-state index contributed by atoms with van der Waals surface area (Å²) in [7, 11) is 3.25. The summed E-state index contributed by atoms with van der Waals surface area (Å²) in [5.41, 5.74) is 2.30. The highest BCUT2D eigenvalue weighted by Crippen LogP contribution is 2.32. The zero-order chi connectivity index (χ0) is 17.1. The molecule has 0 saturated heterocycles. The van der Waals surface area contributed by atoms with Gasteiger partial charge in [-0.15, -0.1) is 11.3 Å². The van der Waals surface area contributed by atoms with Gasteiger partial charge in [0.25, 0.3) is 0 Å². The van der Waals surface area contributed by atoms with E-state index >= 15 is 0 Å². The molecule has 2 heterocycles. The summed E-state index contributed by atoms with van der Waals surface area (Å²) >= 11 is 1.43. The lowest BCUT2D eigenvalue weighted by Gasteiger charge is -2.17. The first-order chi connectivity index (χ1) is 11.6. The number of hydrogen-bond acceptors (Lipinski definition) is 6. The van der Waals surface area contributed by atoms with E-state index in [2.05, 4.69) is 4.98 Å². The SMILES string of the molecule is COCCN1CC(O)=C(c2nc(-c3ccc(OC)cc3)cs2)C1=N.